The quantitative estimate of drug-likeness (QED) is 0.196. The first-order valence-corrected chi connectivity index (χ1v) is 18.9. The number of halogens is 8. The van der Waals surface area contributed by atoms with E-state index in [9.17, 15) is 35.8 Å². The number of piperazine rings is 1. The third-order valence-corrected chi connectivity index (χ3v) is 12.6. The molecule has 2 bridgehead atoms. The number of hydrogen-bond donors (Lipinski definition) is 2. The molecule has 0 spiro atoms. The summed E-state index contributed by atoms with van der Waals surface area (Å²) >= 11 is 0. The molecule has 0 radical (unpaired) electrons. The first kappa shape index (κ1) is 38.8. The van der Waals surface area contributed by atoms with Gasteiger partial charge in [-0.15, -0.1) is 0 Å². The zero-order valence-corrected chi connectivity index (χ0v) is 31.1. The number of alkyl halides is 6. The van der Waals surface area contributed by atoms with Crippen molar-refractivity contribution in [1.82, 2.24) is 25.2 Å². The Balaban J connectivity index is 0.000000321. The topological polar surface area (TPSA) is 95.9 Å². The third-order valence-electron chi connectivity index (χ3n) is 12.6. The molecule has 2 aromatic heterocycles. The summed E-state index contributed by atoms with van der Waals surface area (Å²) in [6.07, 6.45) is -2.74. The second-order valence-corrected chi connectivity index (χ2v) is 15.8. The molecule has 56 heavy (non-hydrogen) atoms. The molecule has 9 nitrogen and oxygen atoms in total. The highest BCUT2D eigenvalue weighted by atomic mass is 19.4. The van der Waals surface area contributed by atoms with Crippen LogP contribution < -0.4 is 15.0 Å². The fraction of sp³-hybridized carbons (Fsp3) is 0.564. The van der Waals surface area contributed by atoms with Gasteiger partial charge in [-0.2, -0.15) is 36.3 Å². The number of nitrogens with one attached hydrogen (secondary N) is 1. The van der Waals surface area contributed by atoms with Gasteiger partial charge in [-0.05, 0) is 113 Å². The summed E-state index contributed by atoms with van der Waals surface area (Å²) < 4.78 is 112. The SMILES string of the molecule is COC(C)(C(F)(F)F)C(F)(F)F.Cc1c(F)ccc2cc(O)cc(-c3nc4c5c(nc(OCC67CCCN6CCC7)nc5c3F)N3C[C@@H]5CC[C@@H](N5)C3CC4)c12. The minimum atomic E-state index is -5.46. The minimum absolute atomic E-state index is 0.00167. The van der Waals surface area contributed by atoms with E-state index in [1.165, 1.54) is 12.1 Å². The maximum Gasteiger partial charge on any atom is 0.426 e. The summed E-state index contributed by atoms with van der Waals surface area (Å²) in [5.74, 6) is -0.329. The van der Waals surface area contributed by atoms with E-state index in [1.807, 2.05) is 0 Å². The van der Waals surface area contributed by atoms with Gasteiger partial charge in [0.2, 0.25) is 0 Å². The molecule has 4 aromatic rings. The van der Waals surface area contributed by atoms with Crippen molar-refractivity contribution in [3.8, 4) is 23.0 Å². The maximum absolute atomic E-state index is 17.0. The van der Waals surface area contributed by atoms with Gasteiger partial charge < -0.3 is 24.8 Å². The molecule has 2 N–H and O–H groups in total. The normalized spacial score (nSPS) is 23.2. The lowest BCUT2D eigenvalue weighted by atomic mass is 9.95. The first-order chi connectivity index (χ1) is 26.4. The molecule has 0 saturated carbocycles. The van der Waals surface area contributed by atoms with Gasteiger partial charge in [-0.25, -0.2) is 13.8 Å². The van der Waals surface area contributed by atoms with E-state index in [4.69, 9.17) is 19.7 Å². The molecule has 9 rings (SSSR count). The van der Waals surface area contributed by atoms with Crippen LogP contribution >= 0.6 is 0 Å². The number of methoxy groups -OCH3 is 1. The maximum atomic E-state index is 17.0. The Morgan fingerprint density at radius 2 is 1.66 bits per heavy atom. The number of anilines is 1. The van der Waals surface area contributed by atoms with Crippen molar-refractivity contribution in [2.24, 2.45) is 0 Å². The molecule has 3 atom stereocenters. The van der Waals surface area contributed by atoms with Gasteiger partial charge in [-0.3, -0.25) is 4.90 Å². The van der Waals surface area contributed by atoms with Crippen LogP contribution in [0.3, 0.4) is 0 Å². The van der Waals surface area contributed by atoms with Crippen LogP contribution in [0.5, 0.6) is 11.8 Å². The average Bonchev–Trinajstić information content (AvgIpc) is 3.82. The monoisotopic (exact) mass is 794 g/mol. The molecule has 17 heteroatoms. The summed E-state index contributed by atoms with van der Waals surface area (Å²) in [6, 6.07) is 7.13. The summed E-state index contributed by atoms with van der Waals surface area (Å²) in [6.45, 7) is 5.06. The lowest BCUT2D eigenvalue weighted by Crippen LogP contribution is -2.58. The summed E-state index contributed by atoms with van der Waals surface area (Å²) in [5.41, 5.74) is -2.39. The molecule has 0 aliphatic carbocycles. The largest absolute Gasteiger partial charge is 0.508 e. The zero-order chi connectivity index (χ0) is 39.9. The fourth-order valence-corrected chi connectivity index (χ4v) is 9.45. The molecular weight excluding hydrogens is 752 g/mol. The highest BCUT2D eigenvalue weighted by Crippen LogP contribution is 2.46. The Bertz CT molecular complexity index is 2160. The van der Waals surface area contributed by atoms with Gasteiger partial charge in [0.15, 0.2) is 5.82 Å². The van der Waals surface area contributed by atoms with E-state index in [2.05, 4.69) is 19.9 Å². The van der Waals surface area contributed by atoms with Crippen molar-refractivity contribution in [2.75, 3.05) is 38.3 Å². The third kappa shape index (κ3) is 6.28. The van der Waals surface area contributed by atoms with E-state index in [0.717, 1.165) is 70.3 Å². The smallest absolute Gasteiger partial charge is 0.426 e. The van der Waals surface area contributed by atoms with Crippen LogP contribution in [0, 0.1) is 18.6 Å². The number of nitrogens with zero attached hydrogens (tertiary/aromatic N) is 5. The van der Waals surface area contributed by atoms with Crippen molar-refractivity contribution in [1.29, 1.82) is 0 Å². The number of hydrogen-bond acceptors (Lipinski definition) is 9. The van der Waals surface area contributed by atoms with E-state index in [1.54, 1.807) is 19.1 Å². The van der Waals surface area contributed by atoms with Crippen LogP contribution in [0.25, 0.3) is 32.9 Å². The number of phenolic OH excluding ortho intramolecular Hbond substituents is 1. The lowest BCUT2D eigenvalue weighted by molar-refractivity contribution is -0.367. The second kappa shape index (κ2) is 13.8. The second-order valence-electron chi connectivity index (χ2n) is 15.8. The molecule has 5 aliphatic rings. The standard InChI is InChI=1S/C34H36F2N6O2.C5H6F6O/c1-18-23(35)6-4-19-14-21(43)15-22(27(18)19)30-29(36)31-28-25(38-30)8-9-26-24-7-5-20(37-24)16-42(26)32(28)40-33(39-31)44-17-34-10-2-12-41(34)13-3-11-34;1-3(12-2,4(6,7)8)5(9,10)11/h4,6,14-15,20,24,26,37,43H,2-3,5,7-13,16-17H2,1H3;1-2H3/t20-,24+,26?;/m0./s1. The number of fused-ring (bicyclic) bond motifs is 7. The summed E-state index contributed by atoms with van der Waals surface area (Å²) in [5, 5.41) is 16.2. The molecule has 7 heterocycles. The molecule has 2 aromatic carbocycles. The summed E-state index contributed by atoms with van der Waals surface area (Å²) in [7, 11) is 0.362. The Morgan fingerprint density at radius 3 is 2.32 bits per heavy atom. The van der Waals surface area contributed by atoms with Crippen molar-refractivity contribution < 1.29 is 49.7 Å². The number of ether oxygens (including phenoxy) is 2. The summed E-state index contributed by atoms with van der Waals surface area (Å²) in [4.78, 5) is 19.6. The molecule has 4 saturated heterocycles. The van der Waals surface area contributed by atoms with Gasteiger partial charge in [0.1, 0.15) is 35.2 Å². The Labute approximate surface area is 317 Å². The van der Waals surface area contributed by atoms with Crippen LogP contribution in [-0.2, 0) is 11.2 Å². The molecule has 302 valence electrons. The number of aryl methyl sites for hydroxylation is 2. The minimum Gasteiger partial charge on any atom is -0.508 e. The number of aromatic hydroxyl groups is 1. The van der Waals surface area contributed by atoms with Crippen LogP contribution in [0.2, 0.25) is 0 Å². The van der Waals surface area contributed by atoms with Crippen molar-refractivity contribution >= 4 is 27.5 Å². The van der Waals surface area contributed by atoms with Gasteiger partial charge in [-0.1, -0.05) is 6.07 Å². The zero-order valence-electron chi connectivity index (χ0n) is 31.1. The predicted octanol–water partition coefficient (Wildman–Crippen LogP) is 7.92. The Morgan fingerprint density at radius 1 is 0.946 bits per heavy atom. The van der Waals surface area contributed by atoms with Crippen molar-refractivity contribution in [3.05, 3.63) is 47.2 Å². The average molecular weight is 795 g/mol. The predicted molar refractivity (Wildman–Crippen MR) is 192 cm³/mol. The molecule has 5 aliphatic heterocycles. The van der Waals surface area contributed by atoms with Gasteiger partial charge in [0.05, 0.1) is 16.6 Å². The lowest BCUT2D eigenvalue weighted by Gasteiger charge is -2.41. The number of rotatable bonds is 5. The van der Waals surface area contributed by atoms with E-state index in [0.29, 0.717) is 65.3 Å². The van der Waals surface area contributed by atoms with Crippen LogP contribution in [-0.4, -0.2) is 99.9 Å². The Kier molecular flexibility index (Phi) is 9.54. The highest BCUT2D eigenvalue weighted by Gasteiger charge is 2.68. The molecule has 4 fully saturated rings. The van der Waals surface area contributed by atoms with E-state index >= 15 is 4.39 Å². The van der Waals surface area contributed by atoms with Gasteiger partial charge in [0, 0.05) is 37.3 Å². The number of phenols is 1. The van der Waals surface area contributed by atoms with Crippen molar-refractivity contribution in [3.63, 3.8) is 0 Å². The number of benzene rings is 2. The van der Waals surface area contributed by atoms with Gasteiger partial charge in [0.25, 0.3) is 5.60 Å². The Hall–Kier alpha value is -4.09. The van der Waals surface area contributed by atoms with E-state index in [-0.39, 0.29) is 41.5 Å². The molecule has 1 unspecified atom stereocenters. The fourth-order valence-electron chi connectivity index (χ4n) is 9.45. The van der Waals surface area contributed by atoms with Crippen LogP contribution in [0.1, 0.15) is 63.1 Å². The number of pyridine rings is 1. The number of aromatic nitrogens is 3. The van der Waals surface area contributed by atoms with Gasteiger partial charge >= 0.3 is 18.4 Å². The van der Waals surface area contributed by atoms with E-state index < -0.39 is 29.6 Å². The molecular formula is C39H42F8N6O3. The van der Waals surface area contributed by atoms with Crippen LogP contribution in [0.15, 0.2) is 24.3 Å². The highest BCUT2D eigenvalue weighted by molar-refractivity contribution is 6.02. The van der Waals surface area contributed by atoms with Crippen LogP contribution in [0.4, 0.5) is 40.9 Å². The first-order valence-electron chi connectivity index (χ1n) is 18.9. The van der Waals surface area contributed by atoms with Crippen molar-refractivity contribution in [2.45, 2.75) is 107 Å². The molecule has 0 amide bonds.